The van der Waals surface area contributed by atoms with Gasteiger partial charge in [0.1, 0.15) is 6.10 Å². The summed E-state index contributed by atoms with van der Waals surface area (Å²) in [5.41, 5.74) is 4.22. The molecule has 1 amide bonds. The summed E-state index contributed by atoms with van der Waals surface area (Å²) in [5, 5.41) is 0.668. The Kier molecular flexibility index (Phi) is 5.31. The smallest absolute Gasteiger partial charge is 0.274 e. The molecule has 0 N–H and O–H groups in total. The molecule has 5 nitrogen and oxygen atoms in total. The number of carbonyl (C=O) groups excluding carboxylic acids is 1. The number of amides is 1. The Labute approximate surface area is 191 Å². The van der Waals surface area contributed by atoms with Gasteiger partial charge in [-0.1, -0.05) is 65.9 Å². The second-order valence-corrected chi connectivity index (χ2v) is 9.07. The molecule has 0 bridgehead atoms. The van der Waals surface area contributed by atoms with E-state index in [1.165, 1.54) is 0 Å². The summed E-state index contributed by atoms with van der Waals surface area (Å²) >= 11 is 1.54. The minimum absolute atomic E-state index is 0.162. The van der Waals surface area contributed by atoms with E-state index in [1.807, 2.05) is 68.4 Å². The Morgan fingerprint density at radius 3 is 2.31 bits per heavy atom. The SMILES string of the molecule is Cc1ccc(C)c2sc(N(Cc3ccccc3)C(=O)C3Oc4ccccc4OC3C)nc12. The van der Waals surface area contributed by atoms with Gasteiger partial charge in [0.15, 0.2) is 16.6 Å². The quantitative estimate of drug-likeness (QED) is 0.407. The van der Waals surface area contributed by atoms with Gasteiger partial charge in [0.05, 0.1) is 16.8 Å². The number of anilines is 1. The van der Waals surface area contributed by atoms with Gasteiger partial charge in [-0.3, -0.25) is 9.69 Å². The van der Waals surface area contributed by atoms with Crippen molar-refractivity contribution >= 4 is 32.6 Å². The molecule has 0 saturated carbocycles. The Bertz CT molecular complexity index is 1250. The van der Waals surface area contributed by atoms with Gasteiger partial charge in [-0.05, 0) is 49.6 Å². The van der Waals surface area contributed by atoms with E-state index in [2.05, 4.69) is 19.1 Å². The summed E-state index contributed by atoms with van der Waals surface area (Å²) in [6, 6.07) is 21.6. The van der Waals surface area contributed by atoms with Crippen LogP contribution in [0.15, 0.2) is 66.7 Å². The van der Waals surface area contributed by atoms with Crippen LogP contribution in [0.3, 0.4) is 0 Å². The van der Waals surface area contributed by atoms with Crippen LogP contribution < -0.4 is 14.4 Å². The number of hydrogen-bond acceptors (Lipinski definition) is 5. The lowest BCUT2D eigenvalue weighted by Gasteiger charge is -2.33. The fourth-order valence-corrected chi connectivity index (χ4v) is 5.03. The number of thiazole rings is 1. The van der Waals surface area contributed by atoms with E-state index >= 15 is 0 Å². The number of nitrogens with zero attached hydrogens (tertiary/aromatic N) is 2. The molecular formula is C26H24N2O3S. The van der Waals surface area contributed by atoms with Crippen molar-refractivity contribution in [3.8, 4) is 11.5 Å². The molecule has 0 spiro atoms. The lowest BCUT2D eigenvalue weighted by Crippen LogP contribution is -2.50. The highest BCUT2D eigenvalue weighted by molar-refractivity contribution is 7.22. The van der Waals surface area contributed by atoms with E-state index in [0.717, 1.165) is 26.9 Å². The molecule has 0 radical (unpaired) electrons. The maximum absolute atomic E-state index is 13.9. The van der Waals surface area contributed by atoms with Gasteiger partial charge in [0, 0.05) is 0 Å². The highest BCUT2D eigenvalue weighted by atomic mass is 32.1. The van der Waals surface area contributed by atoms with Crippen molar-refractivity contribution in [2.45, 2.75) is 39.5 Å². The number of ether oxygens (including phenoxy) is 2. The number of aryl methyl sites for hydroxylation is 2. The molecule has 2 heterocycles. The van der Waals surface area contributed by atoms with Crippen LogP contribution in [0.4, 0.5) is 5.13 Å². The summed E-state index contributed by atoms with van der Waals surface area (Å²) in [6.07, 6.45) is -1.18. The first-order valence-corrected chi connectivity index (χ1v) is 11.5. The first kappa shape index (κ1) is 20.5. The molecule has 0 saturated heterocycles. The van der Waals surface area contributed by atoms with E-state index in [4.69, 9.17) is 14.5 Å². The number of carbonyl (C=O) groups is 1. The largest absolute Gasteiger partial charge is 0.482 e. The molecule has 32 heavy (non-hydrogen) atoms. The third-order valence-corrected chi connectivity index (χ3v) is 6.91. The van der Waals surface area contributed by atoms with Crippen LogP contribution in [-0.4, -0.2) is 23.1 Å². The van der Waals surface area contributed by atoms with Gasteiger partial charge in [0.2, 0.25) is 6.10 Å². The van der Waals surface area contributed by atoms with Gasteiger partial charge in [-0.2, -0.15) is 0 Å². The maximum Gasteiger partial charge on any atom is 0.274 e. The molecule has 5 rings (SSSR count). The lowest BCUT2D eigenvalue weighted by molar-refractivity contribution is -0.130. The lowest BCUT2D eigenvalue weighted by atomic mass is 10.1. The fourth-order valence-electron chi connectivity index (χ4n) is 3.91. The van der Waals surface area contributed by atoms with Crippen LogP contribution in [0.1, 0.15) is 23.6 Å². The van der Waals surface area contributed by atoms with Crippen molar-refractivity contribution in [1.29, 1.82) is 0 Å². The number of para-hydroxylation sites is 2. The van der Waals surface area contributed by atoms with E-state index < -0.39 is 12.2 Å². The zero-order chi connectivity index (χ0) is 22.2. The minimum atomic E-state index is -0.761. The summed E-state index contributed by atoms with van der Waals surface area (Å²) in [7, 11) is 0. The van der Waals surface area contributed by atoms with Gasteiger partial charge in [-0.25, -0.2) is 4.98 Å². The Morgan fingerprint density at radius 1 is 0.938 bits per heavy atom. The standard InChI is InChI=1S/C26H24N2O3S/c1-16-13-14-17(2)24-22(16)27-26(32-24)28(15-19-9-5-4-6-10-19)25(29)23-18(3)30-20-11-7-8-12-21(20)31-23/h4-14,18,23H,15H2,1-3H3. The first-order chi connectivity index (χ1) is 15.5. The van der Waals surface area contributed by atoms with Gasteiger partial charge >= 0.3 is 0 Å². The van der Waals surface area contributed by atoms with Crippen molar-refractivity contribution in [1.82, 2.24) is 4.98 Å². The zero-order valence-corrected chi connectivity index (χ0v) is 19.1. The van der Waals surface area contributed by atoms with E-state index in [1.54, 1.807) is 16.2 Å². The molecule has 0 aliphatic carbocycles. The second kappa shape index (κ2) is 8.28. The molecule has 0 fully saturated rings. The highest BCUT2D eigenvalue weighted by Crippen LogP contribution is 2.37. The fraction of sp³-hybridized carbons (Fsp3) is 0.231. The average Bonchev–Trinajstić information content (AvgIpc) is 3.26. The predicted molar refractivity (Wildman–Crippen MR) is 128 cm³/mol. The molecule has 1 aromatic heterocycles. The van der Waals surface area contributed by atoms with Crippen molar-refractivity contribution in [3.63, 3.8) is 0 Å². The summed E-state index contributed by atoms with van der Waals surface area (Å²) in [5.74, 6) is 1.08. The number of aromatic nitrogens is 1. The Balaban J connectivity index is 1.55. The minimum Gasteiger partial charge on any atom is -0.482 e. The molecule has 6 heteroatoms. The zero-order valence-electron chi connectivity index (χ0n) is 18.2. The molecule has 1 aliphatic rings. The molecule has 4 aromatic rings. The number of benzene rings is 3. The van der Waals surface area contributed by atoms with Crippen LogP contribution in [0.2, 0.25) is 0 Å². The van der Waals surface area contributed by atoms with Crippen molar-refractivity contribution < 1.29 is 14.3 Å². The average molecular weight is 445 g/mol. The topological polar surface area (TPSA) is 51.7 Å². The number of rotatable bonds is 4. The van der Waals surface area contributed by atoms with E-state index in [-0.39, 0.29) is 5.91 Å². The monoisotopic (exact) mass is 444 g/mol. The maximum atomic E-state index is 13.9. The van der Waals surface area contributed by atoms with Crippen molar-refractivity contribution in [3.05, 3.63) is 83.4 Å². The third-order valence-electron chi connectivity index (χ3n) is 5.70. The van der Waals surface area contributed by atoms with Crippen molar-refractivity contribution in [2.24, 2.45) is 0 Å². The van der Waals surface area contributed by atoms with Crippen LogP contribution >= 0.6 is 11.3 Å². The molecule has 1 aliphatic heterocycles. The first-order valence-electron chi connectivity index (χ1n) is 10.7. The van der Waals surface area contributed by atoms with Crippen LogP contribution in [0.25, 0.3) is 10.2 Å². The van der Waals surface area contributed by atoms with E-state index in [9.17, 15) is 4.79 Å². The van der Waals surface area contributed by atoms with Crippen LogP contribution in [0, 0.1) is 13.8 Å². The molecule has 2 unspecified atom stereocenters. The Morgan fingerprint density at radius 2 is 1.59 bits per heavy atom. The number of hydrogen-bond donors (Lipinski definition) is 0. The summed E-state index contributed by atoms with van der Waals surface area (Å²) in [4.78, 5) is 20.5. The number of fused-ring (bicyclic) bond motifs is 2. The van der Waals surface area contributed by atoms with E-state index in [0.29, 0.717) is 23.2 Å². The molecule has 2 atom stereocenters. The predicted octanol–water partition coefficient (Wildman–Crippen LogP) is 5.67. The van der Waals surface area contributed by atoms with Gasteiger partial charge in [-0.15, -0.1) is 0 Å². The Hall–Kier alpha value is -3.38. The second-order valence-electron chi connectivity index (χ2n) is 8.09. The van der Waals surface area contributed by atoms with Gasteiger partial charge in [0.25, 0.3) is 5.91 Å². The summed E-state index contributed by atoms with van der Waals surface area (Å²) < 4.78 is 13.2. The van der Waals surface area contributed by atoms with Crippen LogP contribution in [-0.2, 0) is 11.3 Å². The highest BCUT2D eigenvalue weighted by Gasteiger charge is 2.38. The van der Waals surface area contributed by atoms with Gasteiger partial charge < -0.3 is 9.47 Å². The molecule has 3 aromatic carbocycles. The third kappa shape index (κ3) is 3.71. The van der Waals surface area contributed by atoms with Crippen LogP contribution in [0.5, 0.6) is 11.5 Å². The summed E-state index contributed by atoms with van der Waals surface area (Å²) in [6.45, 7) is 6.40. The van der Waals surface area contributed by atoms with Crippen molar-refractivity contribution in [2.75, 3.05) is 4.90 Å². The molecule has 162 valence electrons. The normalized spacial score (nSPS) is 17.3. The molecular weight excluding hydrogens is 420 g/mol.